The molecule has 0 aromatic heterocycles. The molecule has 1 saturated heterocycles. The van der Waals surface area contributed by atoms with E-state index in [1.807, 2.05) is 18.7 Å². The third-order valence-corrected chi connectivity index (χ3v) is 3.96. The maximum Gasteiger partial charge on any atom is 0.242 e. The molecule has 1 fully saturated rings. The summed E-state index contributed by atoms with van der Waals surface area (Å²) in [6.45, 7) is 7.88. The van der Waals surface area contributed by atoms with E-state index in [9.17, 15) is 9.59 Å². The van der Waals surface area contributed by atoms with Crippen molar-refractivity contribution < 1.29 is 9.59 Å². The second-order valence-electron chi connectivity index (χ2n) is 6.02. The summed E-state index contributed by atoms with van der Waals surface area (Å²) in [6.07, 6.45) is 4.02. The molecule has 1 heterocycles. The molecule has 0 radical (unpaired) electrons. The number of nitrogens with two attached hydrogens (primary N) is 1. The first-order chi connectivity index (χ1) is 9.42. The van der Waals surface area contributed by atoms with E-state index in [4.69, 9.17) is 5.73 Å². The van der Waals surface area contributed by atoms with E-state index >= 15 is 0 Å². The van der Waals surface area contributed by atoms with Crippen molar-refractivity contribution in [2.75, 3.05) is 19.6 Å². The van der Waals surface area contributed by atoms with E-state index in [0.717, 1.165) is 32.2 Å². The minimum Gasteiger partial charge on any atom is -0.356 e. The number of piperidine rings is 1. The maximum atomic E-state index is 12.4. The predicted octanol–water partition coefficient (Wildman–Crippen LogP) is 1.27. The summed E-state index contributed by atoms with van der Waals surface area (Å²) in [4.78, 5) is 26.1. The average molecular weight is 283 g/mol. The van der Waals surface area contributed by atoms with Crippen LogP contribution in [0.25, 0.3) is 0 Å². The van der Waals surface area contributed by atoms with Crippen LogP contribution in [0.15, 0.2) is 0 Å². The number of hydrogen-bond donors (Lipinski definition) is 2. The number of likely N-dealkylation sites (tertiary alicyclic amines) is 1. The molecule has 0 aliphatic carbocycles. The van der Waals surface area contributed by atoms with Crippen LogP contribution in [-0.2, 0) is 9.59 Å². The lowest BCUT2D eigenvalue weighted by molar-refractivity contribution is -0.140. The second kappa shape index (κ2) is 7.62. The SMILES string of the molecule is CCCNC(=O)C1CCN(C(=O)C(C)(N)CCC)CC1. The van der Waals surface area contributed by atoms with Crippen LogP contribution in [0.4, 0.5) is 0 Å². The van der Waals surface area contributed by atoms with Gasteiger partial charge < -0.3 is 16.0 Å². The maximum absolute atomic E-state index is 12.4. The van der Waals surface area contributed by atoms with Crippen LogP contribution in [-0.4, -0.2) is 41.9 Å². The highest BCUT2D eigenvalue weighted by molar-refractivity contribution is 5.86. The largest absolute Gasteiger partial charge is 0.356 e. The summed E-state index contributed by atoms with van der Waals surface area (Å²) in [7, 11) is 0. The Labute approximate surface area is 122 Å². The molecule has 0 spiro atoms. The van der Waals surface area contributed by atoms with Gasteiger partial charge in [0.15, 0.2) is 0 Å². The molecule has 0 saturated carbocycles. The quantitative estimate of drug-likeness (QED) is 0.771. The van der Waals surface area contributed by atoms with Gasteiger partial charge in [-0.25, -0.2) is 0 Å². The van der Waals surface area contributed by atoms with E-state index in [-0.39, 0.29) is 17.7 Å². The number of nitrogens with one attached hydrogen (secondary N) is 1. The fourth-order valence-electron chi connectivity index (χ4n) is 2.72. The van der Waals surface area contributed by atoms with Gasteiger partial charge in [0.25, 0.3) is 0 Å². The number of amides is 2. The van der Waals surface area contributed by atoms with Crippen molar-refractivity contribution in [2.45, 2.75) is 58.4 Å². The van der Waals surface area contributed by atoms with Crippen molar-refractivity contribution in [3.63, 3.8) is 0 Å². The van der Waals surface area contributed by atoms with Crippen LogP contribution in [0.5, 0.6) is 0 Å². The van der Waals surface area contributed by atoms with E-state index in [0.29, 0.717) is 19.5 Å². The molecule has 1 atom stereocenters. The van der Waals surface area contributed by atoms with Gasteiger partial charge in [-0.1, -0.05) is 20.3 Å². The van der Waals surface area contributed by atoms with Crippen LogP contribution in [0.1, 0.15) is 52.9 Å². The molecule has 1 aliphatic rings. The van der Waals surface area contributed by atoms with Crippen molar-refractivity contribution in [1.82, 2.24) is 10.2 Å². The van der Waals surface area contributed by atoms with Crippen LogP contribution in [0, 0.1) is 5.92 Å². The number of carbonyl (C=O) groups is 2. The van der Waals surface area contributed by atoms with Crippen molar-refractivity contribution in [1.29, 1.82) is 0 Å². The Balaban J connectivity index is 2.45. The highest BCUT2D eigenvalue weighted by atomic mass is 16.2. The van der Waals surface area contributed by atoms with Crippen molar-refractivity contribution in [2.24, 2.45) is 11.7 Å². The molecule has 116 valence electrons. The molecule has 1 unspecified atom stereocenters. The first-order valence-electron chi connectivity index (χ1n) is 7.78. The number of hydrogen-bond acceptors (Lipinski definition) is 3. The molecule has 20 heavy (non-hydrogen) atoms. The molecule has 3 N–H and O–H groups in total. The lowest BCUT2D eigenvalue weighted by atomic mass is 9.91. The van der Waals surface area contributed by atoms with E-state index in [2.05, 4.69) is 5.32 Å². The van der Waals surface area contributed by atoms with Gasteiger partial charge in [-0.15, -0.1) is 0 Å². The Morgan fingerprint density at radius 2 is 1.85 bits per heavy atom. The number of rotatable bonds is 6. The van der Waals surface area contributed by atoms with Crippen molar-refractivity contribution in [3.8, 4) is 0 Å². The minimum atomic E-state index is -0.772. The Kier molecular flexibility index (Phi) is 6.46. The molecule has 0 aromatic carbocycles. The van der Waals surface area contributed by atoms with Gasteiger partial charge in [-0.05, 0) is 32.6 Å². The number of nitrogens with zero attached hydrogens (tertiary/aromatic N) is 1. The molecule has 0 bridgehead atoms. The summed E-state index contributed by atoms with van der Waals surface area (Å²) in [6, 6.07) is 0. The lowest BCUT2D eigenvalue weighted by Gasteiger charge is -2.36. The van der Waals surface area contributed by atoms with Gasteiger partial charge in [0.2, 0.25) is 11.8 Å². The molecule has 5 heteroatoms. The van der Waals surface area contributed by atoms with Crippen LogP contribution in [0.3, 0.4) is 0 Å². The van der Waals surface area contributed by atoms with Gasteiger partial charge >= 0.3 is 0 Å². The highest BCUT2D eigenvalue weighted by Crippen LogP contribution is 2.21. The zero-order valence-electron chi connectivity index (χ0n) is 13.1. The zero-order chi connectivity index (χ0) is 15.2. The normalized spacial score (nSPS) is 19.5. The second-order valence-corrected chi connectivity index (χ2v) is 6.02. The van der Waals surface area contributed by atoms with Crippen molar-refractivity contribution >= 4 is 11.8 Å². The molecule has 2 amide bonds. The molecular weight excluding hydrogens is 254 g/mol. The van der Waals surface area contributed by atoms with E-state index in [1.165, 1.54) is 0 Å². The van der Waals surface area contributed by atoms with Gasteiger partial charge in [0, 0.05) is 25.6 Å². The zero-order valence-corrected chi connectivity index (χ0v) is 13.1. The summed E-state index contributed by atoms with van der Waals surface area (Å²) < 4.78 is 0. The lowest BCUT2D eigenvalue weighted by Crippen LogP contribution is -2.55. The van der Waals surface area contributed by atoms with E-state index in [1.54, 1.807) is 6.92 Å². The third kappa shape index (κ3) is 4.47. The van der Waals surface area contributed by atoms with Crippen LogP contribution >= 0.6 is 0 Å². The third-order valence-electron chi connectivity index (χ3n) is 3.96. The highest BCUT2D eigenvalue weighted by Gasteiger charge is 2.34. The smallest absolute Gasteiger partial charge is 0.242 e. The standard InChI is InChI=1S/C15H29N3O2/c1-4-8-15(3,16)14(20)18-10-6-12(7-11-18)13(19)17-9-5-2/h12H,4-11,16H2,1-3H3,(H,17,19). The van der Waals surface area contributed by atoms with Crippen LogP contribution in [0.2, 0.25) is 0 Å². The van der Waals surface area contributed by atoms with Gasteiger partial charge in [-0.3, -0.25) is 9.59 Å². The molecular formula is C15H29N3O2. The van der Waals surface area contributed by atoms with Crippen molar-refractivity contribution in [3.05, 3.63) is 0 Å². The molecule has 1 aliphatic heterocycles. The molecule has 5 nitrogen and oxygen atoms in total. The van der Waals surface area contributed by atoms with Gasteiger partial charge in [-0.2, -0.15) is 0 Å². The van der Waals surface area contributed by atoms with Crippen LogP contribution < -0.4 is 11.1 Å². The Morgan fingerprint density at radius 1 is 1.25 bits per heavy atom. The predicted molar refractivity (Wildman–Crippen MR) is 80.1 cm³/mol. The minimum absolute atomic E-state index is 0.0202. The topological polar surface area (TPSA) is 75.4 Å². The first-order valence-corrected chi connectivity index (χ1v) is 7.78. The first kappa shape index (κ1) is 17.0. The monoisotopic (exact) mass is 283 g/mol. The Hall–Kier alpha value is -1.10. The van der Waals surface area contributed by atoms with Gasteiger partial charge in [0.05, 0.1) is 5.54 Å². The number of carbonyl (C=O) groups excluding carboxylic acids is 2. The average Bonchev–Trinajstić information content (AvgIpc) is 2.44. The van der Waals surface area contributed by atoms with Gasteiger partial charge in [0.1, 0.15) is 0 Å². The summed E-state index contributed by atoms with van der Waals surface area (Å²) in [5, 5.41) is 2.93. The Morgan fingerprint density at radius 3 is 2.35 bits per heavy atom. The Bertz CT molecular complexity index is 334. The summed E-state index contributed by atoms with van der Waals surface area (Å²) in [5.74, 6) is 0.190. The molecule has 0 aromatic rings. The summed E-state index contributed by atoms with van der Waals surface area (Å²) >= 11 is 0. The summed E-state index contributed by atoms with van der Waals surface area (Å²) in [5.41, 5.74) is 5.32. The fraction of sp³-hybridized carbons (Fsp3) is 0.867. The van der Waals surface area contributed by atoms with E-state index < -0.39 is 5.54 Å². The molecule has 1 rings (SSSR count). The fourth-order valence-corrected chi connectivity index (χ4v) is 2.72.